The Bertz CT molecular complexity index is 4240. The molecule has 4 aromatic heterocycles. The zero-order valence-corrected chi connectivity index (χ0v) is 35.6. The summed E-state index contributed by atoms with van der Waals surface area (Å²) in [6.07, 6.45) is 0. The Labute approximate surface area is 376 Å². The van der Waals surface area contributed by atoms with E-state index >= 15 is 0 Å². The van der Waals surface area contributed by atoms with Gasteiger partial charge in [0.25, 0.3) is 0 Å². The maximum atomic E-state index is 6.74. The van der Waals surface area contributed by atoms with Crippen LogP contribution in [0.5, 0.6) is 0 Å². The molecule has 5 nitrogen and oxygen atoms in total. The third-order valence-corrected chi connectivity index (χ3v) is 14.3. The molecule has 4 heterocycles. The Morgan fingerprint density at radius 2 is 1.03 bits per heavy atom. The van der Waals surface area contributed by atoms with Gasteiger partial charge in [0.15, 0.2) is 17.5 Å². The summed E-state index contributed by atoms with van der Waals surface area (Å²) < 4.78 is 11.5. The van der Waals surface area contributed by atoms with E-state index in [-0.39, 0.29) is 0 Å². The van der Waals surface area contributed by atoms with E-state index in [9.17, 15) is 0 Å². The Hall–Kier alpha value is -8.45. The van der Waals surface area contributed by atoms with Crippen molar-refractivity contribution in [3.63, 3.8) is 0 Å². The van der Waals surface area contributed by atoms with Crippen LogP contribution >= 0.6 is 11.3 Å². The molecule has 0 atom stereocenters. The van der Waals surface area contributed by atoms with Gasteiger partial charge in [0, 0.05) is 64.1 Å². The molecule has 0 saturated carbocycles. The summed E-state index contributed by atoms with van der Waals surface area (Å²) in [6.45, 7) is 0. The van der Waals surface area contributed by atoms with Crippen LogP contribution in [0.4, 0.5) is 0 Å². The van der Waals surface area contributed by atoms with Crippen LogP contribution in [0, 0.1) is 0 Å². The molecule has 0 fully saturated rings. The summed E-state index contributed by atoms with van der Waals surface area (Å²) in [7, 11) is 0. The Kier molecular flexibility index (Phi) is 7.79. The molecular weight excluding hydrogens is 813 g/mol. The van der Waals surface area contributed by atoms with E-state index in [2.05, 4.69) is 193 Å². The van der Waals surface area contributed by atoms with Crippen molar-refractivity contribution in [1.29, 1.82) is 0 Å². The molecule has 0 unspecified atom stereocenters. The maximum Gasteiger partial charge on any atom is 0.165 e. The van der Waals surface area contributed by atoms with Gasteiger partial charge in [-0.05, 0) is 87.3 Å². The summed E-state index contributed by atoms with van der Waals surface area (Å²) in [4.78, 5) is 16.1. The third-order valence-electron chi connectivity index (χ3n) is 13.0. The molecule has 0 bridgehead atoms. The first kappa shape index (κ1) is 36.1. The van der Waals surface area contributed by atoms with Gasteiger partial charge in [-0.3, -0.25) is 0 Å². The lowest BCUT2D eigenvalue weighted by atomic mass is 9.97. The zero-order chi connectivity index (χ0) is 42.6. The lowest BCUT2D eigenvalue weighted by molar-refractivity contribution is 0.669. The molecule has 0 aliphatic heterocycles. The normalized spacial score (nSPS) is 12.0. The molecule has 0 aliphatic carbocycles. The van der Waals surface area contributed by atoms with E-state index in [0.29, 0.717) is 17.5 Å². The SMILES string of the molecule is c1ccc(-c2ccc(-c3nc(-c4cc5oc6ccccc6c5c5cc(-n6c7ccccc7c7cc8ccccc8cc76)ccc45)nc(-c4cccc5c4sc4ccccc45)n3)cc2)cc1. The standard InChI is InChI=1S/C59H34N4OS/c1-2-13-35(14-3-1)36-25-27-37(28-26-36)57-60-58(46-21-12-20-44-43-18-8-11-24-54(43)65-56(44)46)62-59(61-57)49-34-53-55(45-19-7-10-23-52(45)64-53)48-33-40(29-30-41(48)49)63-50-22-9-6-17-42(50)47-31-38-15-4-5-16-39(38)32-51(47)63/h1-34H. The Morgan fingerprint density at radius 1 is 0.369 bits per heavy atom. The topological polar surface area (TPSA) is 56.7 Å². The molecule has 0 aliphatic rings. The van der Waals surface area contributed by atoms with Gasteiger partial charge in [-0.1, -0.05) is 152 Å². The lowest BCUT2D eigenvalue weighted by Crippen LogP contribution is -2.01. The summed E-state index contributed by atoms with van der Waals surface area (Å²) in [6, 6.07) is 73.3. The number of aromatic nitrogens is 4. The van der Waals surface area contributed by atoms with Gasteiger partial charge in [-0.25, -0.2) is 15.0 Å². The fraction of sp³-hybridized carbons (Fsp3) is 0. The highest BCUT2D eigenvalue weighted by Gasteiger charge is 2.22. The van der Waals surface area contributed by atoms with Gasteiger partial charge in [0.1, 0.15) is 11.2 Å². The predicted molar refractivity (Wildman–Crippen MR) is 271 cm³/mol. The van der Waals surface area contributed by atoms with Gasteiger partial charge in [-0.2, -0.15) is 0 Å². The fourth-order valence-electron chi connectivity index (χ4n) is 10.00. The monoisotopic (exact) mass is 846 g/mol. The number of thiophene rings is 1. The van der Waals surface area contributed by atoms with Crippen molar-refractivity contribution in [2.45, 2.75) is 0 Å². The van der Waals surface area contributed by atoms with Crippen LogP contribution in [0.3, 0.4) is 0 Å². The minimum Gasteiger partial charge on any atom is -0.456 e. The minimum absolute atomic E-state index is 0.582. The van der Waals surface area contributed by atoms with Gasteiger partial charge in [0.2, 0.25) is 0 Å². The van der Waals surface area contributed by atoms with Crippen molar-refractivity contribution in [2.75, 3.05) is 0 Å². The number of hydrogen-bond donors (Lipinski definition) is 0. The molecule has 0 radical (unpaired) electrons. The zero-order valence-electron chi connectivity index (χ0n) is 34.7. The second-order valence-corrected chi connectivity index (χ2v) is 17.8. The molecule has 65 heavy (non-hydrogen) atoms. The molecule has 302 valence electrons. The number of nitrogens with zero attached hydrogens (tertiary/aromatic N) is 4. The van der Waals surface area contributed by atoms with E-state index in [1.165, 1.54) is 37.0 Å². The molecule has 0 N–H and O–H groups in total. The van der Waals surface area contributed by atoms with Crippen molar-refractivity contribution in [3.05, 3.63) is 206 Å². The van der Waals surface area contributed by atoms with E-state index in [1.807, 2.05) is 18.2 Å². The van der Waals surface area contributed by atoms with Gasteiger partial charge < -0.3 is 8.98 Å². The van der Waals surface area contributed by atoms with Gasteiger partial charge in [0.05, 0.1) is 11.0 Å². The average Bonchev–Trinajstić information content (AvgIpc) is 4.05. The van der Waals surface area contributed by atoms with E-state index in [0.717, 1.165) is 81.9 Å². The second kappa shape index (κ2) is 14.0. The largest absolute Gasteiger partial charge is 0.456 e. The number of para-hydroxylation sites is 2. The number of rotatable bonds is 5. The van der Waals surface area contributed by atoms with Crippen molar-refractivity contribution in [2.24, 2.45) is 0 Å². The van der Waals surface area contributed by atoms with Crippen molar-refractivity contribution >= 4 is 96.8 Å². The lowest BCUT2D eigenvalue weighted by Gasteiger charge is -2.14. The predicted octanol–water partition coefficient (Wildman–Crippen LogP) is 16.2. The fourth-order valence-corrected chi connectivity index (χ4v) is 11.2. The number of benzene rings is 10. The van der Waals surface area contributed by atoms with E-state index in [1.54, 1.807) is 11.3 Å². The van der Waals surface area contributed by atoms with Crippen LogP contribution in [-0.4, -0.2) is 19.5 Å². The molecule has 0 saturated heterocycles. The quantitative estimate of drug-likeness (QED) is 0.173. The van der Waals surface area contributed by atoms with Crippen LogP contribution < -0.4 is 0 Å². The first-order valence-electron chi connectivity index (χ1n) is 21.8. The first-order valence-corrected chi connectivity index (χ1v) is 22.7. The van der Waals surface area contributed by atoms with E-state index in [4.69, 9.17) is 19.4 Å². The molecule has 0 amide bonds. The summed E-state index contributed by atoms with van der Waals surface area (Å²) >= 11 is 1.78. The minimum atomic E-state index is 0.582. The highest BCUT2D eigenvalue weighted by molar-refractivity contribution is 7.26. The Balaban J connectivity index is 1.04. The molecular formula is C59H34N4OS. The summed E-state index contributed by atoms with van der Waals surface area (Å²) in [5.74, 6) is 1.81. The summed E-state index contributed by atoms with van der Waals surface area (Å²) in [5.41, 5.74) is 10.0. The maximum absolute atomic E-state index is 6.74. The van der Waals surface area contributed by atoms with Gasteiger partial charge >= 0.3 is 0 Å². The van der Waals surface area contributed by atoms with Crippen molar-refractivity contribution in [3.8, 4) is 51.0 Å². The van der Waals surface area contributed by atoms with Crippen LogP contribution in [0.1, 0.15) is 0 Å². The highest BCUT2D eigenvalue weighted by atomic mass is 32.1. The smallest absolute Gasteiger partial charge is 0.165 e. The molecule has 0 spiro atoms. The number of furan rings is 1. The molecule has 10 aromatic carbocycles. The first-order chi connectivity index (χ1) is 32.2. The number of hydrogen-bond acceptors (Lipinski definition) is 5. The second-order valence-electron chi connectivity index (χ2n) is 16.7. The highest BCUT2D eigenvalue weighted by Crippen LogP contribution is 2.44. The molecule has 6 heteroatoms. The molecule has 14 rings (SSSR count). The van der Waals surface area contributed by atoms with E-state index < -0.39 is 0 Å². The van der Waals surface area contributed by atoms with Crippen LogP contribution in [0.25, 0.3) is 136 Å². The van der Waals surface area contributed by atoms with Crippen LogP contribution in [0.2, 0.25) is 0 Å². The van der Waals surface area contributed by atoms with Crippen molar-refractivity contribution in [1.82, 2.24) is 19.5 Å². The molecule has 14 aromatic rings. The average molecular weight is 847 g/mol. The summed E-state index contributed by atoms with van der Waals surface area (Å²) in [5, 5.41) is 11.5. The number of fused-ring (bicyclic) bond motifs is 12. The van der Waals surface area contributed by atoms with Crippen molar-refractivity contribution < 1.29 is 4.42 Å². The van der Waals surface area contributed by atoms with Crippen LogP contribution in [-0.2, 0) is 0 Å². The van der Waals surface area contributed by atoms with Crippen LogP contribution in [0.15, 0.2) is 211 Å². The van der Waals surface area contributed by atoms with Gasteiger partial charge in [-0.15, -0.1) is 11.3 Å². The third kappa shape index (κ3) is 5.61. The Morgan fingerprint density at radius 3 is 1.89 bits per heavy atom.